The molecular weight excluding hydrogens is 336 g/mol. The Morgan fingerprint density at radius 3 is 2.26 bits per heavy atom. The van der Waals surface area contributed by atoms with Crippen molar-refractivity contribution >= 4 is 27.4 Å². The van der Waals surface area contributed by atoms with E-state index in [2.05, 4.69) is 11.8 Å². The molecule has 0 saturated carbocycles. The van der Waals surface area contributed by atoms with E-state index < -0.39 is 21.1 Å². The van der Waals surface area contributed by atoms with Crippen LogP contribution in [0.25, 0.3) is 0 Å². The van der Waals surface area contributed by atoms with Gasteiger partial charge in [-0.1, -0.05) is 41.6 Å². The Labute approximate surface area is 139 Å². The molecule has 0 aliphatic carbocycles. The number of carbonyl (C=O) groups is 1. The second-order valence-corrected chi connectivity index (χ2v) is 7.26. The van der Waals surface area contributed by atoms with Crippen molar-refractivity contribution in [2.45, 2.75) is 16.6 Å². The molecule has 2 aromatic carbocycles. The lowest BCUT2D eigenvalue weighted by Gasteiger charge is -2.10. The number of hydrogen-bond acceptors (Lipinski definition) is 3. The number of halogens is 1. The zero-order valence-corrected chi connectivity index (χ0v) is 13.5. The summed E-state index contributed by atoms with van der Waals surface area (Å²) in [5.74, 6) is 3.95. The number of rotatable bonds is 4. The van der Waals surface area contributed by atoms with Gasteiger partial charge >= 0.3 is 5.97 Å². The van der Waals surface area contributed by atoms with Gasteiger partial charge in [-0.25, -0.2) is 8.42 Å². The summed E-state index contributed by atoms with van der Waals surface area (Å²) in [6, 6.07) is 14.2. The molecule has 0 amide bonds. The molecule has 0 bridgehead atoms. The third kappa shape index (κ3) is 4.35. The summed E-state index contributed by atoms with van der Waals surface area (Å²) < 4.78 is 24.8. The standard InChI is InChI=1S/C17H13ClO4S/c18-14-11-9-13(10-12-14)5-4-8-16(17(19)20)23(21,22)15-6-2-1-3-7-15/h1-3,6-7,9-12,16H,8H2,(H,19,20). The molecule has 1 N–H and O–H groups in total. The lowest BCUT2D eigenvalue weighted by molar-refractivity contribution is -0.136. The van der Waals surface area contributed by atoms with E-state index in [9.17, 15) is 18.3 Å². The highest BCUT2D eigenvalue weighted by molar-refractivity contribution is 7.92. The van der Waals surface area contributed by atoms with Gasteiger partial charge in [0.1, 0.15) is 0 Å². The molecule has 0 aliphatic heterocycles. The number of hydrogen-bond donors (Lipinski definition) is 1. The van der Waals surface area contributed by atoms with E-state index in [1.54, 1.807) is 42.5 Å². The van der Waals surface area contributed by atoms with Crippen LogP contribution < -0.4 is 0 Å². The molecule has 6 heteroatoms. The summed E-state index contributed by atoms with van der Waals surface area (Å²) in [6.07, 6.45) is -0.296. The monoisotopic (exact) mass is 348 g/mol. The molecule has 1 atom stereocenters. The van der Waals surface area contributed by atoms with Crippen molar-refractivity contribution in [2.24, 2.45) is 0 Å². The largest absolute Gasteiger partial charge is 0.480 e. The third-order valence-electron chi connectivity index (χ3n) is 3.09. The van der Waals surface area contributed by atoms with Crippen molar-refractivity contribution in [2.75, 3.05) is 0 Å². The van der Waals surface area contributed by atoms with E-state index in [0.717, 1.165) is 0 Å². The molecule has 0 aliphatic rings. The molecule has 2 aromatic rings. The van der Waals surface area contributed by atoms with Crippen LogP contribution in [-0.4, -0.2) is 24.7 Å². The Morgan fingerprint density at radius 2 is 1.70 bits per heavy atom. The average Bonchev–Trinajstić information content (AvgIpc) is 2.53. The first kappa shape index (κ1) is 17.1. The van der Waals surface area contributed by atoms with Gasteiger partial charge in [0.2, 0.25) is 0 Å². The van der Waals surface area contributed by atoms with E-state index in [1.807, 2.05) is 0 Å². The Bertz CT molecular complexity index is 847. The highest BCUT2D eigenvalue weighted by Crippen LogP contribution is 2.18. The topological polar surface area (TPSA) is 71.4 Å². The zero-order chi connectivity index (χ0) is 16.9. The van der Waals surface area contributed by atoms with Crippen LogP contribution in [0.1, 0.15) is 12.0 Å². The number of sulfone groups is 1. The zero-order valence-electron chi connectivity index (χ0n) is 11.9. The maximum absolute atomic E-state index is 12.4. The highest BCUT2D eigenvalue weighted by Gasteiger charge is 2.33. The molecule has 1 unspecified atom stereocenters. The van der Waals surface area contributed by atoms with Crippen LogP contribution in [0.3, 0.4) is 0 Å². The van der Waals surface area contributed by atoms with Crippen LogP contribution in [0.4, 0.5) is 0 Å². The first-order chi connectivity index (χ1) is 10.9. The predicted molar refractivity (Wildman–Crippen MR) is 88.0 cm³/mol. The first-order valence-corrected chi connectivity index (χ1v) is 8.60. The number of carboxylic acids is 1. The van der Waals surface area contributed by atoms with Crippen LogP contribution in [0.15, 0.2) is 59.5 Å². The second kappa shape index (κ2) is 7.32. The average molecular weight is 349 g/mol. The molecule has 0 heterocycles. The maximum Gasteiger partial charge on any atom is 0.323 e. The van der Waals surface area contributed by atoms with Crippen LogP contribution in [0.5, 0.6) is 0 Å². The van der Waals surface area contributed by atoms with Gasteiger partial charge in [-0.05, 0) is 36.4 Å². The van der Waals surface area contributed by atoms with E-state index in [0.29, 0.717) is 10.6 Å². The van der Waals surface area contributed by atoms with Crippen LogP contribution in [0, 0.1) is 11.8 Å². The lowest BCUT2D eigenvalue weighted by atomic mass is 10.2. The molecular formula is C17H13ClO4S. The van der Waals surface area contributed by atoms with E-state index in [1.165, 1.54) is 12.1 Å². The lowest BCUT2D eigenvalue weighted by Crippen LogP contribution is -2.29. The fourth-order valence-corrected chi connectivity index (χ4v) is 3.44. The molecule has 4 nitrogen and oxygen atoms in total. The summed E-state index contributed by atoms with van der Waals surface area (Å²) in [4.78, 5) is 11.3. The molecule has 2 rings (SSSR count). The number of benzene rings is 2. The molecule has 0 fully saturated rings. The summed E-state index contributed by atoms with van der Waals surface area (Å²) >= 11 is 5.76. The van der Waals surface area contributed by atoms with E-state index in [-0.39, 0.29) is 11.3 Å². The second-order valence-electron chi connectivity index (χ2n) is 4.70. The van der Waals surface area contributed by atoms with Gasteiger partial charge < -0.3 is 5.11 Å². The van der Waals surface area contributed by atoms with Crippen molar-refractivity contribution in [3.63, 3.8) is 0 Å². The summed E-state index contributed by atoms with van der Waals surface area (Å²) in [5, 5.41) is 8.19. The number of carboxylic acid groups (broad SMARTS) is 1. The quantitative estimate of drug-likeness (QED) is 0.862. The van der Waals surface area contributed by atoms with Gasteiger partial charge in [0.25, 0.3) is 0 Å². The molecule has 118 valence electrons. The van der Waals surface area contributed by atoms with Gasteiger partial charge in [0.05, 0.1) is 4.90 Å². The van der Waals surface area contributed by atoms with Crippen molar-refractivity contribution in [3.8, 4) is 11.8 Å². The minimum absolute atomic E-state index is 0.0271. The van der Waals surface area contributed by atoms with E-state index in [4.69, 9.17) is 11.6 Å². The summed E-state index contributed by atoms with van der Waals surface area (Å²) in [5.41, 5.74) is 0.635. The van der Waals surface area contributed by atoms with Crippen LogP contribution >= 0.6 is 11.6 Å². The van der Waals surface area contributed by atoms with E-state index >= 15 is 0 Å². The highest BCUT2D eigenvalue weighted by atomic mass is 35.5. The van der Waals surface area contributed by atoms with Crippen molar-refractivity contribution in [1.29, 1.82) is 0 Å². The SMILES string of the molecule is O=C(O)C(CC#Cc1ccc(Cl)cc1)S(=O)(=O)c1ccccc1. The minimum atomic E-state index is -3.98. The van der Waals surface area contributed by atoms with Crippen molar-refractivity contribution in [3.05, 3.63) is 65.2 Å². The van der Waals surface area contributed by atoms with Gasteiger partial charge in [-0.15, -0.1) is 0 Å². The summed E-state index contributed by atoms with van der Waals surface area (Å²) in [6.45, 7) is 0. The first-order valence-electron chi connectivity index (χ1n) is 6.67. The van der Waals surface area contributed by atoms with Crippen molar-refractivity contribution < 1.29 is 18.3 Å². The Hall–Kier alpha value is -2.29. The van der Waals surface area contributed by atoms with Crippen LogP contribution in [-0.2, 0) is 14.6 Å². The van der Waals surface area contributed by atoms with Crippen LogP contribution in [0.2, 0.25) is 5.02 Å². The molecule has 0 aromatic heterocycles. The molecule has 0 radical (unpaired) electrons. The fraction of sp³-hybridized carbons (Fsp3) is 0.118. The van der Waals surface area contributed by atoms with Gasteiger partial charge in [-0.2, -0.15) is 0 Å². The van der Waals surface area contributed by atoms with Gasteiger partial charge in [0, 0.05) is 17.0 Å². The van der Waals surface area contributed by atoms with Crippen molar-refractivity contribution in [1.82, 2.24) is 0 Å². The molecule has 23 heavy (non-hydrogen) atoms. The fourth-order valence-electron chi connectivity index (χ4n) is 1.88. The Morgan fingerprint density at radius 1 is 1.09 bits per heavy atom. The molecule has 0 saturated heterocycles. The number of aliphatic carboxylic acids is 1. The smallest absolute Gasteiger partial charge is 0.323 e. The maximum atomic E-state index is 12.4. The predicted octanol–water partition coefficient (Wildman–Crippen LogP) is 3.01. The Balaban J connectivity index is 2.24. The normalized spacial score (nSPS) is 12.0. The molecule has 0 spiro atoms. The Kier molecular flexibility index (Phi) is 5.43. The minimum Gasteiger partial charge on any atom is -0.480 e. The van der Waals surface area contributed by atoms with Gasteiger partial charge in [0.15, 0.2) is 15.1 Å². The summed E-state index contributed by atoms with van der Waals surface area (Å²) in [7, 11) is -3.98. The third-order valence-corrected chi connectivity index (χ3v) is 5.38. The van der Waals surface area contributed by atoms with Gasteiger partial charge in [-0.3, -0.25) is 4.79 Å².